The monoisotopic (exact) mass is 348 g/mol. The summed E-state index contributed by atoms with van der Waals surface area (Å²) >= 11 is 0. The summed E-state index contributed by atoms with van der Waals surface area (Å²) in [7, 11) is 0. The summed E-state index contributed by atoms with van der Waals surface area (Å²) in [5, 5.41) is 10.1. The van der Waals surface area contributed by atoms with E-state index >= 15 is 0 Å². The lowest BCUT2D eigenvalue weighted by molar-refractivity contribution is 0.0696. The third-order valence-corrected chi connectivity index (χ3v) is 4.81. The lowest BCUT2D eigenvalue weighted by Crippen LogP contribution is -2.27. The number of furan rings is 1. The van der Waals surface area contributed by atoms with Gasteiger partial charge in [-0.15, -0.1) is 0 Å². The van der Waals surface area contributed by atoms with Gasteiger partial charge in [-0.05, 0) is 44.2 Å². The fourth-order valence-corrected chi connectivity index (χ4v) is 3.49. The smallest absolute Gasteiger partial charge is 0.335 e. The van der Waals surface area contributed by atoms with E-state index in [9.17, 15) is 4.79 Å². The molecular formula is C21H16O5. The highest BCUT2D eigenvalue weighted by atomic mass is 16.5. The molecule has 0 radical (unpaired) electrons. The Balaban J connectivity index is 1.69. The molecule has 130 valence electrons. The van der Waals surface area contributed by atoms with Crippen LogP contribution in [0.25, 0.3) is 28.4 Å². The molecule has 0 spiro atoms. The standard InChI is InChI=1S/C21H16O5/c1-21(2)6-5-11-7-14-15-10-24-17-8-12(20(22)23)3-4-13(17)19(15)25-18(14)9-16(11)26-21/h3-9H,10H2,1-2H3,(H,22,23). The first kappa shape index (κ1) is 15.1. The maximum Gasteiger partial charge on any atom is 0.335 e. The van der Waals surface area contributed by atoms with Crippen molar-refractivity contribution < 1.29 is 23.8 Å². The Morgan fingerprint density at radius 1 is 1.15 bits per heavy atom. The van der Waals surface area contributed by atoms with Crippen LogP contribution in [-0.4, -0.2) is 16.7 Å². The second-order valence-corrected chi connectivity index (χ2v) is 7.14. The van der Waals surface area contributed by atoms with Gasteiger partial charge in [0.05, 0.1) is 11.1 Å². The Hall–Kier alpha value is -3.21. The van der Waals surface area contributed by atoms with E-state index in [0.717, 1.165) is 39.2 Å². The van der Waals surface area contributed by atoms with E-state index in [0.29, 0.717) is 12.4 Å². The number of carboxylic acid groups (broad SMARTS) is 1. The molecule has 2 aromatic carbocycles. The van der Waals surface area contributed by atoms with Crippen LogP contribution < -0.4 is 9.47 Å². The largest absolute Gasteiger partial charge is 0.488 e. The second kappa shape index (κ2) is 4.91. The number of fused-ring (bicyclic) bond motifs is 6. The van der Waals surface area contributed by atoms with Gasteiger partial charge in [0, 0.05) is 22.6 Å². The molecule has 0 fully saturated rings. The van der Waals surface area contributed by atoms with Crippen LogP contribution in [0, 0.1) is 0 Å². The normalized spacial score (nSPS) is 16.2. The Labute approximate surface area is 149 Å². The molecule has 5 nitrogen and oxygen atoms in total. The number of carboxylic acids is 1. The molecular weight excluding hydrogens is 332 g/mol. The van der Waals surface area contributed by atoms with Gasteiger partial charge in [-0.2, -0.15) is 0 Å². The zero-order chi connectivity index (χ0) is 18.1. The second-order valence-electron chi connectivity index (χ2n) is 7.14. The fraction of sp³-hybridized carbons (Fsp3) is 0.190. The number of hydrogen-bond acceptors (Lipinski definition) is 4. The third-order valence-electron chi connectivity index (χ3n) is 4.81. The molecule has 0 bridgehead atoms. The summed E-state index contributed by atoms with van der Waals surface area (Å²) in [6.07, 6.45) is 4.10. The van der Waals surface area contributed by atoms with E-state index in [4.69, 9.17) is 19.0 Å². The van der Waals surface area contributed by atoms with Gasteiger partial charge in [0.15, 0.2) is 0 Å². The first-order valence-electron chi connectivity index (χ1n) is 8.39. The highest BCUT2D eigenvalue weighted by molar-refractivity contribution is 5.94. The van der Waals surface area contributed by atoms with Crippen LogP contribution in [0.4, 0.5) is 0 Å². The van der Waals surface area contributed by atoms with Gasteiger partial charge in [0.25, 0.3) is 0 Å². The van der Waals surface area contributed by atoms with Crippen LogP contribution in [0.1, 0.15) is 35.3 Å². The molecule has 26 heavy (non-hydrogen) atoms. The lowest BCUT2D eigenvalue weighted by Gasteiger charge is -2.27. The van der Waals surface area contributed by atoms with Gasteiger partial charge in [0.2, 0.25) is 0 Å². The van der Waals surface area contributed by atoms with Gasteiger partial charge in [-0.3, -0.25) is 0 Å². The van der Waals surface area contributed by atoms with Crippen molar-refractivity contribution in [1.29, 1.82) is 0 Å². The van der Waals surface area contributed by atoms with Gasteiger partial charge in [-0.25, -0.2) is 4.79 Å². The van der Waals surface area contributed by atoms with Gasteiger partial charge in [0.1, 0.15) is 35.1 Å². The fourth-order valence-electron chi connectivity index (χ4n) is 3.49. The maximum atomic E-state index is 11.2. The molecule has 2 aliphatic rings. The van der Waals surface area contributed by atoms with E-state index in [2.05, 4.69) is 12.1 Å². The first-order valence-corrected chi connectivity index (χ1v) is 8.39. The number of hydrogen-bond donors (Lipinski definition) is 1. The minimum absolute atomic E-state index is 0.194. The van der Waals surface area contributed by atoms with Crippen molar-refractivity contribution in [2.24, 2.45) is 0 Å². The minimum Gasteiger partial charge on any atom is -0.488 e. The summed E-state index contributed by atoms with van der Waals surface area (Å²) in [5.74, 6) is 1.06. The summed E-state index contributed by atoms with van der Waals surface area (Å²) in [5.41, 5.74) is 3.32. The van der Waals surface area contributed by atoms with Gasteiger partial charge in [-0.1, -0.05) is 6.08 Å². The van der Waals surface area contributed by atoms with Crippen LogP contribution in [0.2, 0.25) is 0 Å². The molecule has 5 heteroatoms. The molecule has 0 amide bonds. The third kappa shape index (κ3) is 2.13. The summed E-state index contributed by atoms with van der Waals surface area (Å²) < 4.78 is 18.0. The van der Waals surface area contributed by atoms with Gasteiger partial charge < -0.3 is 19.0 Å². The highest BCUT2D eigenvalue weighted by Gasteiger charge is 2.28. The topological polar surface area (TPSA) is 68.9 Å². The number of ether oxygens (including phenoxy) is 2. The average Bonchev–Trinajstić information content (AvgIpc) is 2.96. The van der Waals surface area contributed by atoms with E-state index in [1.807, 2.05) is 26.0 Å². The van der Waals surface area contributed by atoms with E-state index in [1.165, 1.54) is 6.07 Å². The van der Waals surface area contributed by atoms with Crippen LogP contribution in [0.5, 0.6) is 11.5 Å². The van der Waals surface area contributed by atoms with E-state index in [1.54, 1.807) is 12.1 Å². The highest BCUT2D eigenvalue weighted by Crippen LogP contribution is 2.45. The zero-order valence-corrected chi connectivity index (χ0v) is 14.3. The lowest BCUT2D eigenvalue weighted by atomic mass is 9.98. The van der Waals surface area contributed by atoms with Crippen LogP contribution in [0.15, 0.2) is 40.8 Å². The first-order chi connectivity index (χ1) is 12.4. The number of rotatable bonds is 1. The molecule has 1 aromatic heterocycles. The molecule has 0 saturated heterocycles. The molecule has 2 aliphatic heterocycles. The SMILES string of the molecule is CC1(C)C=Cc2cc3c4c(oc3cc2O1)-c1ccc(C(=O)O)cc1OC4. The predicted molar refractivity (Wildman–Crippen MR) is 96.7 cm³/mol. The summed E-state index contributed by atoms with van der Waals surface area (Å²) in [6.45, 7) is 4.36. The molecule has 0 saturated carbocycles. The zero-order valence-electron chi connectivity index (χ0n) is 14.3. The number of aromatic carboxylic acids is 1. The van der Waals surface area contributed by atoms with E-state index < -0.39 is 5.97 Å². The molecule has 5 rings (SSSR count). The maximum absolute atomic E-state index is 11.2. The van der Waals surface area contributed by atoms with Crippen molar-refractivity contribution >= 4 is 23.0 Å². The Morgan fingerprint density at radius 2 is 2.00 bits per heavy atom. The van der Waals surface area contributed by atoms with E-state index in [-0.39, 0.29) is 11.2 Å². The Kier molecular flexibility index (Phi) is 2.85. The quantitative estimate of drug-likeness (QED) is 0.679. The molecule has 3 aromatic rings. The van der Waals surface area contributed by atoms with Gasteiger partial charge >= 0.3 is 5.97 Å². The van der Waals surface area contributed by atoms with Crippen LogP contribution in [-0.2, 0) is 6.61 Å². The van der Waals surface area contributed by atoms with Crippen molar-refractivity contribution in [2.45, 2.75) is 26.1 Å². The molecule has 3 heterocycles. The predicted octanol–water partition coefficient (Wildman–Crippen LogP) is 4.87. The average molecular weight is 348 g/mol. The molecule has 0 atom stereocenters. The van der Waals surface area contributed by atoms with Crippen molar-refractivity contribution in [1.82, 2.24) is 0 Å². The van der Waals surface area contributed by atoms with Crippen molar-refractivity contribution in [3.05, 3.63) is 53.1 Å². The summed E-state index contributed by atoms with van der Waals surface area (Å²) in [4.78, 5) is 11.2. The number of benzene rings is 2. The van der Waals surface area contributed by atoms with Crippen LogP contribution >= 0.6 is 0 Å². The summed E-state index contributed by atoms with van der Waals surface area (Å²) in [6, 6.07) is 8.80. The molecule has 0 unspecified atom stereocenters. The van der Waals surface area contributed by atoms with Crippen molar-refractivity contribution in [3.8, 4) is 22.8 Å². The minimum atomic E-state index is -0.981. The van der Waals surface area contributed by atoms with Crippen LogP contribution in [0.3, 0.4) is 0 Å². The molecule has 0 aliphatic carbocycles. The molecule has 1 N–H and O–H groups in total. The Bertz CT molecular complexity index is 1120. The number of carbonyl (C=O) groups is 1. The van der Waals surface area contributed by atoms with Crippen molar-refractivity contribution in [3.63, 3.8) is 0 Å². The van der Waals surface area contributed by atoms with Crippen molar-refractivity contribution in [2.75, 3.05) is 0 Å². The Morgan fingerprint density at radius 3 is 2.81 bits per heavy atom.